The normalized spacial score (nSPS) is 12.5. The fourth-order valence-corrected chi connectivity index (χ4v) is 2.12. The second-order valence-electron chi connectivity index (χ2n) is 4.86. The van der Waals surface area contributed by atoms with Crippen molar-refractivity contribution in [2.75, 3.05) is 26.3 Å². The third-order valence-electron chi connectivity index (χ3n) is 3.17. The van der Waals surface area contributed by atoms with Gasteiger partial charge in [0.2, 0.25) is 5.89 Å². The van der Waals surface area contributed by atoms with Crippen molar-refractivity contribution in [3.63, 3.8) is 0 Å². The van der Waals surface area contributed by atoms with E-state index in [-0.39, 0.29) is 36.7 Å². The van der Waals surface area contributed by atoms with E-state index in [1.54, 1.807) is 0 Å². The van der Waals surface area contributed by atoms with Gasteiger partial charge in [-0.15, -0.1) is 0 Å². The molecule has 0 spiro atoms. The molecular weight excluding hydrogens is 301 g/mol. The van der Waals surface area contributed by atoms with Crippen LogP contribution in [-0.4, -0.2) is 46.4 Å². The number of aliphatic hydroxyl groups excluding tert-OH is 2. The summed E-state index contributed by atoms with van der Waals surface area (Å²) in [5.41, 5.74) is -0.336. The summed E-state index contributed by atoms with van der Waals surface area (Å²) in [6.45, 7) is 1.11. The van der Waals surface area contributed by atoms with E-state index < -0.39 is 11.7 Å². The van der Waals surface area contributed by atoms with Gasteiger partial charge >= 0.3 is 6.18 Å². The first-order chi connectivity index (χ1) is 10.4. The van der Waals surface area contributed by atoms with E-state index in [9.17, 15) is 13.2 Å². The zero-order chi connectivity index (χ0) is 16.2. The van der Waals surface area contributed by atoms with Crippen molar-refractivity contribution in [3.8, 4) is 0 Å². The van der Waals surface area contributed by atoms with Gasteiger partial charge in [0.15, 0.2) is 5.58 Å². The molecule has 1 aromatic carbocycles. The molecule has 0 saturated carbocycles. The van der Waals surface area contributed by atoms with Crippen molar-refractivity contribution in [1.82, 2.24) is 9.88 Å². The molecule has 122 valence electrons. The van der Waals surface area contributed by atoms with Crippen LogP contribution in [0.3, 0.4) is 0 Å². The van der Waals surface area contributed by atoms with Gasteiger partial charge in [-0.2, -0.15) is 13.2 Å². The van der Waals surface area contributed by atoms with Crippen LogP contribution < -0.4 is 0 Å². The third-order valence-corrected chi connectivity index (χ3v) is 3.17. The summed E-state index contributed by atoms with van der Waals surface area (Å²) >= 11 is 0. The Balaban J connectivity index is 2.17. The third kappa shape index (κ3) is 4.19. The van der Waals surface area contributed by atoms with Crippen molar-refractivity contribution in [1.29, 1.82) is 0 Å². The molecule has 0 bridgehead atoms. The lowest BCUT2D eigenvalue weighted by atomic mass is 10.2. The summed E-state index contributed by atoms with van der Waals surface area (Å²) in [5, 5.41) is 17.8. The Bertz CT molecular complexity index is 613. The molecule has 0 aliphatic heterocycles. The van der Waals surface area contributed by atoms with Crippen LogP contribution in [-0.2, 0) is 12.7 Å². The summed E-state index contributed by atoms with van der Waals surface area (Å²) in [6, 6.07) is 3.15. The van der Waals surface area contributed by atoms with Gasteiger partial charge in [-0.05, 0) is 24.6 Å². The van der Waals surface area contributed by atoms with Gasteiger partial charge < -0.3 is 14.6 Å². The lowest BCUT2D eigenvalue weighted by molar-refractivity contribution is -0.137. The summed E-state index contributed by atoms with van der Waals surface area (Å²) in [6.07, 6.45) is -3.89. The number of oxazole rings is 1. The molecule has 0 saturated heterocycles. The van der Waals surface area contributed by atoms with Gasteiger partial charge in [0.25, 0.3) is 0 Å². The first-order valence-corrected chi connectivity index (χ1v) is 6.85. The number of halogens is 3. The zero-order valence-electron chi connectivity index (χ0n) is 11.8. The SMILES string of the molecule is OCCCN(CCO)Cc1nc2cc(C(F)(F)F)ccc2o1. The molecule has 0 atom stereocenters. The fourth-order valence-electron chi connectivity index (χ4n) is 2.12. The van der Waals surface area contributed by atoms with Crippen molar-refractivity contribution in [2.45, 2.75) is 19.1 Å². The number of benzene rings is 1. The molecule has 2 aromatic rings. The van der Waals surface area contributed by atoms with Crippen LogP contribution in [0, 0.1) is 0 Å². The van der Waals surface area contributed by atoms with Crippen molar-refractivity contribution in [3.05, 3.63) is 29.7 Å². The van der Waals surface area contributed by atoms with E-state index in [4.69, 9.17) is 14.6 Å². The van der Waals surface area contributed by atoms with E-state index >= 15 is 0 Å². The van der Waals surface area contributed by atoms with E-state index in [2.05, 4.69) is 4.98 Å². The quantitative estimate of drug-likeness (QED) is 0.817. The number of aliphatic hydroxyl groups is 2. The van der Waals surface area contributed by atoms with Gasteiger partial charge in [-0.25, -0.2) is 4.98 Å². The Morgan fingerprint density at radius 2 is 1.91 bits per heavy atom. The van der Waals surface area contributed by atoms with Crippen molar-refractivity contribution < 1.29 is 27.8 Å². The summed E-state index contributed by atoms with van der Waals surface area (Å²) in [7, 11) is 0. The predicted molar refractivity (Wildman–Crippen MR) is 73.1 cm³/mol. The second-order valence-corrected chi connectivity index (χ2v) is 4.86. The molecule has 0 fully saturated rings. The highest BCUT2D eigenvalue weighted by Gasteiger charge is 2.31. The maximum atomic E-state index is 12.7. The number of aromatic nitrogens is 1. The first-order valence-electron chi connectivity index (χ1n) is 6.85. The highest BCUT2D eigenvalue weighted by molar-refractivity contribution is 5.73. The molecule has 1 heterocycles. The standard InChI is InChI=1S/C14H17F3N2O3/c15-14(16,17)10-2-3-12-11(8-10)18-13(22-12)9-19(5-7-21)4-1-6-20/h2-3,8,20-21H,1,4-7,9H2. The van der Waals surface area contributed by atoms with Crippen LogP contribution in [0.1, 0.15) is 17.9 Å². The smallest absolute Gasteiger partial charge is 0.416 e. The minimum atomic E-state index is -4.42. The highest BCUT2D eigenvalue weighted by Crippen LogP contribution is 2.31. The molecule has 2 N–H and O–H groups in total. The van der Waals surface area contributed by atoms with Crippen LogP contribution in [0.4, 0.5) is 13.2 Å². The Morgan fingerprint density at radius 1 is 1.14 bits per heavy atom. The zero-order valence-corrected chi connectivity index (χ0v) is 11.8. The number of alkyl halides is 3. The molecule has 2 rings (SSSR count). The van der Waals surface area contributed by atoms with Gasteiger partial charge in [0.05, 0.1) is 18.7 Å². The summed E-state index contributed by atoms with van der Waals surface area (Å²) in [5.74, 6) is 0.278. The summed E-state index contributed by atoms with van der Waals surface area (Å²) < 4.78 is 43.4. The molecule has 22 heavy (non-hydrogen) atoms. The molecule has 1 aromatic heterocycles. The lowest BCUT2D eigenvalue weighted by Gasteiger charge is -2.18. The topological polar surface area (TPSA) is 69.7 Å². The molecule has 5 nitrogen and oxygen atoms in total. The van der Waals surface area contributed by atoms with Crippen LogP contribution in [0.25, 0.3) is 11.1 Å². The van der Waals surface area contributed by atoms with Gasteiger partial charge in [-0.3, -0.25) is 4.90 Å². The van der Waals surface area contributed by atoms with Gasteiger partial charge in [0.1, 0.15) is 5.52 Å². The van der Waals surface area contributed by atoms with Gasteiger partial charge in [-0.1, -0.05) is 0 Å². The van der Waals surface area contributed by atoms with E-state index in [0.29, 0.717) is 19.5 Å². The average Bonchev–Trinajstić information content (AvgIpc) is 2.85. The maximum absolute atomic E-state index is 12.7. The second kappa shape index (κ2) is 7.08. The Hall–Kier alpha value is -1.64. The van der Waals surface area contributed by atoms with E-state index in [0.717, 1.165) is 12.1 Å². The summed E-state index contributed by atoms with van der Waals surface area (Å²) in [4.78, 5) is 5.88. The van der Waals surface area contributed by atoms with Crippen molar-refractivity contribution in [2.24, 2.45) is 0 Å². The van der Waals surface area contributed by atoms with Crippen molar-refractivity contribution >= 4 is 11.1 Å². The number of hydrogen-bond acceptors (Lipinski definition) is 5. The molecule has 0 aliphatic carbocycles. The number of hydrogen-bond donors (Lipinski definition) is 2. The minimum Gasteiger partial charge on any atom is -0.439 e. The van der Waals surface area contributed by atoms with E-state index in [1.807, 2.05) is 4.90 Å². The Morgan fingerprint density at radius 3 is 2.55 bits per heavy atom. The number of nitrogens with zero attached hydrogens (tertiary/aromatic N) is 2. The molecule has 8 heteroatoms. The Kier molecular flexibility index (Phi) is 5.38. The van der Waals surface area contributed by atoms with Crippen LogP contribution in [0.2, 0.25) is 0 Å². The maximum Gasteiger partial charge on any atom is 0.416 e. The average molecular weight is 318 g/mol. The van der Waals surface area contributed by atoms with E-state index in [1.165, 1.54) is 6.07 Å². The minimum absolute atomic E-state index is 0.0183. The molecule has 0 unspecified atom stereocenters. The first kappa shape index (κ1) is 16.7. The predicted octanol–water partition coefficient (Wildman–Crippen LogP) is 2.02. The molecule has 0 amide bonds. The largest absolute Gasteiger partial charge is 0.439 e. The molecular formula is C14H17F3N2O3. The number of rotatable bonds is 7. The highest BCUT2D eigenvalue weighted by atomic mass is 19.4. The van der Waals surface area contributed by atoms with Crippen LogP contribution in [0.15, 0.2) is 22.6 Å². The monoisotopic (exact) mass is 318 g/mol. The lowest BCUT2D eigenvalue weighted by Crippen LogP contribution is -2.28. The number of fused-ring (bicyclic) bond motifs is 1. The van der Waals surface area contributed by atoms with Crippen LogP contribution in [0.5, 0.6) is 0 Å². The van der Waals surface area contributed by atoms with Crippen LogP contribution >= 0.6 is 0 Å². The fraction of sp³-hybridized carbons (Fsp3) is 0.500. The molecule has 0 aliphatic rings. The van der Waals surface area contributed by atoms with Gasteiger partial charge in [0, 0.05) is 19.7 Å². The Labute approximate surface area is 125 Å². The molecule has 0 radical (unpaired) electrons.